The van der Waals surface area contributed by atoms with Gasteiger partial charge in [0.15, 0.2) is 0 Å². The lowest BCUT2D eigenvalue weighted by Crippen LogP contribution is -2.44. The summed E-state index contributed by atoms with van der Waals surface area (Å²) in [7, 11) is 0. The molecule has 1 atom stereocenters. The third-order valence-corrected chi connectivity index (χ3v) is 4.29. The van der Waals surface area contributed by atoms with Gasteiger partial charge in [-0.15, -0.1) is 31.4 Å². The van der Waals surface area contributed by atoms with Crippen molar-refractivity contribution in [1.82, 2.24) is 10.2 Å². The quantitative estimate of drug-likeness (QED) is 0.799. The summed E-state index contributed by atoms with van der Waals surface area (Å²) >= 11 is 0. The van der Waals surface area contributed by atoms with E-state index in [2.05, 4.69) is 59.3 Å². The van der Waals surface area contributed by atoms with Gasteiger partial charge in [0.2, 0.25) is 0 Å². The second-order valence-corrected chi connectivity index (χ2v) is 5.60. The van der Waals surface area contributed by atoms with E-state index in [0.717, 1.165) is 31.9 Å². The first-order valence-corrected chi connectivity index (χ1v) is 8.07. The van der Waals surface area contributed by atoms with E-state index < -0.39 is 0 Å². The Labute approximate surface area is 156 Å². The topological polar surface area (TPSA) is 24.5 Å². The Kier molecular flexibility index (Phi) is 8.57. The molecule has 0 spiro atoms. The summed E-state index contributed by atoms with van der Waals surface area (Å²) < 4.78 is 5.93. The fourth-order valence-corrected chi connectivity index (χ4v) is 3.27. The number of fused-ring (bicyclic) bond motifs is 1. The second-order valence-electron chi connectivity index (χ2n) is 5.60. The van der Waals surface area contributed by atoms with Crippen molar-refractivity contribution >= 4 is 35.6 Å². The molecule has 1 saturated heterocycles. The molecular weight excluding hydrogens is 343 g/mol. The maximum Gasteiger partial charge on any atom is 0.125 e. The van der Waals surface area contributed by atoms with Crippen molar-refractivity contribution in [3.63, 3.8) is 0 Å². The molecule has 0 aromatic heterocycles. The molecule has 2 aromatic rings. The zero-order chi connectivity index (χ0) is 15.4. The van der Waals surface area contributed by atoms with E-state index in [1.54, 1.807) is 0 Å². The van der Waals surface area contributed by atoms with Crippen LogP contribution in [0.25, 0.3) is 10.8 Å². The molecule has 0 amide bonds. The molecule has 3 rings (SSSR count). The van der Waals surface area contributed by atoms with Gasteiger partial charge in [-0.05, 0) is 23.8 Å². The highest BCUT2D eigenvalue weighted by atomic mass is 35.5. The van der Waals surface area contributed by atoms with E-state index in [1.807, 2.05) is 6.92 Å². The smallest absolute Gasteiger partial charge is 0.125 e. The van der Waals surface area contributed by atoms with Crippen molar-refractivity contribution in [3.05, 3.63) is 54.6 Å². The number of piperazine rings is 1. The van der Waals surface area contributed by atoms with Gasteiger partial charge in [-0.3, -0.25) is 4.90 Å². The van der Waals surface area contributed by atoms with Gasteiger partial charge in [0.25, 0.3) is 0 Å². The fourth-order valence-electron chi connectivity index (χ4n) is 3.27. The number of hydrogen-bond donors (Lipinski definition) is 1. The monoisotopic (exact) mass is 368 g/mol. The highest BCUT2D eigenvalue weighted by Crippen LogP contribution is 2.36. The zero-order valence-corrected chi connectivity index (χ0v) is 15.7. The van der Waals surface area contributed by atoms with Crippen LogP contribution in [0.2, 0.25) is 0 Å². The van der Waals surface area contributed by atoms with E-state index in [9.17, 15) is 0 Å². The lowest BCUT2D eigenvalue weighted by Gasteiger charge is -2.34. The molecule has 2 aromatic carbocycles. The number of rotatable bonds is 5. The Balaban J connectivity index is 0.00000144. The third kappa shape index (κ3) is 4.22. The predicted molar refractivity (Wildman–Crippen MR) is 107 cm³/mol. The van der Waals surface area contributed by atoms with E-state index >= 15 is 0 Å². The van der Waals surface area contributed by atoms with Crippen LogP contribution in [0.1, 0.15) is 18.5 Å². The third-order valence-electron chi connectivity index (χ3n) is 4.29. The van der Waals surface area contributed by atoms with E-state index in [4.69, 9.17) is 4.74 Å². The highest BCUT2D eigenvalue weighted by Gasteiger charge is 2.24. The van der Waals surface area contributed by atoms with E-state index in [0.29, 0.717) is 6.61 Å². The first kappa shape index (κ1) is 20.8. The Hall–Kier alpha value is -1.26. The first-order chi connectivity index (χ1) is 10.8. The van der Waals surface area contributed by atoms with Crippen molar-refractivity contribution in [1.29, 1.82) is 0 Å². The molecule has 1 aliphatic rings. The highest BCUT2D eigenvalue weighted by molar-refractivity contribution is 5.88. The maximum atomic E-state index is 5.93. The molecule has 1 N–H and O–H groups in total. The minimum atomic E-state index is 0. The lowest BCUT2D eigenvalue weighted by atomic mass is 9.96. The molecule has 0 bridgehead atoms. The molecule has 0 aliphatic carbocycles. The van der Waals surface area contributed by atoms with Crippen molar-refractivity contribution < 1.29 is 4.74 Å². The summed E-state index contributed by atoms with van der Waals surface area (Å²) in [5.74, 6) is 0.977. The summed E-state index contributed by atoms with van der Waals surface area (Å²) in [5, 5.41) is 5.93. The van der Waals surface area contributed by atoms with E-state index in [-0.39, 0.29) is 30.9 Å². The van der Waals surface area contributed by atoms with Gasteiger partial charge in [0.05, 0.1) is 12.6 Å². The van der Waals surface area contributed by atoms with Crippen LogP contribution in [0.4, 0.5) is 0 Å². The van der Waals surface area contributed by atoms with Gasteiger partial charge in [0.1, 0.15) is 5.75 Å². The molecule has 0 radical (unpaired) electrons. The Morgan fingerprint density at radius 1 is 1.17 bits per heavy atom. The average molecular weight is 369 g/mol. The molecule has 0 unspecified atom stereocenters. The molecule has 24 heavy (non-hydrogen) atoms. The summed E-state index contributed by atoms with van der Waals surface area (Å²) in [6, 6.07) is 13.0. The lowest BCUT2D eigenvalue weighted by molar-refractivity contribution is 0.200. The van der Waals surface area contributed by atoms with Gasteiger partial charge < -0.3 is 10.1 Å². The minimum Gasteiger partial charge on any atom is -0.493 e. The Morgan fingerprint density at radius 2 is 1.88 bits per heavy atom. The molecule has 132 valence electrons. The first-order valence-electron chi connectivity index (χ1n) is 8.07. The van der Waals surface area contributed by atoms with Crippen LogP contribution in [-0.2, 0) is 0 Å². The second kappa shape index (κ2) is 9.90. The van der Waals surface area contributed by atoms with Crippen LogP contribution in [0, 0.1) is 0 Å². The Morgan fingerprint density at radius 3 is 2.54 bits per heavy atom. The average Bonchev–Trinajstić information content (AvgIpc) is 2.58. The van der Waals surface area contributed by atoms with Crippen molar-refractivity contribution in [2.24, 2.45) is 0 Å². The largest absolute Gasteiger partial charge is 0.493 e. The van der Waals surface area contributed by atoms with Crippen molar-refractivity contribution in [2.75, 3.05) is 32.8 Å². The van der Waals surface area contributed by atoms with E-state index in [1.165, 1.54) is 16.3 Å². The normalized spacial score (nSPS) is 15.9. The SMILES string of the molecule is C=C[C@@H](c1c(OCC)ccc2ccccc12)N1CCNCC1.Cl.Cl. The van der Waals surface area contributed by atoms with Crippen molar-refractivity contribution in [3.8, 4) is 5.75 Å². The van der Waals surface area contributed by atoms with Gasteiger partial charge >= 0.3 is 0 Å². The van der Waals surface area contributed by atoms with Gasteiger partial charge in [-0.25, -0.2) is 0 Å². The number of hydrogen-bond acceptors (Lipinski definition) is 3. The Bertz CT molecular complexity index is 657. The number of nitrogens with one attached hydrogen (secondary N) is 1. The number of benzene rings is 2. The van der Waals surface area contributed by atoms with Crippen LogP contribution in [-0.4, -0.2) is 37.7 Å². The van der Waals surface area contributed by atoms with Gasteiger partial charge in [-0.2, -0.15) is 0 Å². The molecule has 1 fully saturated rings. The number of nitrogens with zero attached hydrogens (tertiary/aromatic N) is 1. The van der Waals surface area contributed by atoms with Crippen molar-refractivity contribution in [2.45, 2.75) is 13.0 Å². The fraction of sp³-hybridized carbons (Fsp3) is 0.368. The summed E-state index contributed by atoms with van der Waals surface area (Å²) in [6.07, 6.45) is 2.05. The van der Waals surface area contributed by atoms with Crippen LogP contribution >= 0.6 is 24.8 Å². The predicted octanol–water partition coefficient (Wildman–Crippen LogP) is 4.21. The molecule has 5 heteroatoms. The maximum absolute atomic E-state index is 5.93. The number of halogens is 2. The minimum absolute atomic E-state index is 0. The standard InChI is InChI=1S/C19H24N2O.2ClH/c1-3-17(21-13-11-20-12-14-21)19-16-8-6-5-7-15(16)9-10-18(19)22-4-2;;/h3,5-10,17,20H,1,4,11-14H2,2H3;2*1H/t17-;;/m0../s1. The van der Waals surface area contributed by atoms with Crippen LogP contribution in [0.15, 0.2) is 49.1 Å². The summed E-state index contributed by atoms with van der Waals surface area (Å²) in [5.41, 5.74) is 1.25. The number of ether oxygens (including phenoxy) is 1. The van der Waals surface area contributed by atoms with Crippen LogP contribution in [0.3, 0.4) is 0 Å². The van der Waals surface area contributed by atoms with Crippen LogP contribution < -0.4 is 10.1 Å². The van der Waals surface area contributed by atoms with Gasteiger partial charge in [0, 0.05) is 31.7 Å². The summed E-state index contributed by atoms with van der Waals surface area (Å²) in [6.45, 7) is 10.9. The van der Waals surface area contributed by atoms with Gasteiger partial charge in [-0.1, -0.05) is 36.4 Å². The molecule has 0 saturated carbocycles. The molecule has 1 aliphatic heterocycles. The van der Waals surface area contributed by atoms with Crippen LogP contribution in [0.5, 0.6) is 5.75 Å². The molecule has 3 nitrogen and oxygen atoms in total. The zero-order valence-electron chi connectivity index (χ0n) is 14.0. The summed E-state index contributed by atoms with van der Waals surface area (Å²) in [4.78, 5) is 2.48. The molecular formula is C19H26Cl2N2O. The molecule has 1 heterocycles.